The maximum absolute atomic E-state index is 2.36. The summed E-state index contributed by atoms with van der Waals surface area (Å²) in [7, 11) is -0.674. The van der Waals surface area contributed by atoms with Gasteiger partial charge in [-0.05, 0) is 51.4 Å². The Hall–Kier alpha value is 0.910. The fourth-order valence-electron chi connectivity index (χ4n) is 4.52. The molecule has 0 heterocycles. The summed E-state index contributed by atoms with van der Waals surface area (Å²) in [6.07, 6.45) is 33.1. The van der Waals surface area contributed by atoms with Crippen molar-refractivity contribution in [3.8, 4) is 0 Å². The van der Waals surface area contributed by atoms with Crippen LogP contribution in [0.15, 0.2) is 0 Å². The molecule has 0 aromatic heterocycles. The maximum Gasteiger partial charge on any atom is 0.0594 e. The molecule has 0 fully saturated rings. The first-order valence-corrected chi connectivity index (χ1v) is 15.6. The highest BCUT2D eigenvalue weighted by Crippen LogP contribution is 2.61. The first-order valence-electron chi connectivity index (χ1n) is 13.1. The molecule has 0 N–H and O–H groups in total. The fraction of sp³-hybridized carbons (Fsp3) is 1.00. The molecule has 172 valence electrons. The van der Waals surface area contributed by atoms with E-state index < -0.39 is 7.26 Å². The first-order chi connectivity index (χ1) is 13.2. The topological polar surface area (TPSA) is 0 Å². The van der Waals surface area contributed by atoms with Crippen LogP contribution in [0.25, 0.3) is 0 Å². The van der Waals surface area contributed by atoms with Gasteiger partial charge in [-0.15, -0.1) is 0 Å². The van der Waals surface area contributed by atoms with Gasteiger partial charge in [0.25, 0.3) is 0 Å². The second kappa shape index (κ2) is 24.2. The lowest BCUT2D eigenvalue weighted by Gasteiger charge is -2.28. The molecule has 0 aromatic rings. The third kappa shape index (κ3) is 18.9. The Balaban J connectivity index is 0. The third-order valence-electron chi connectivity index (χ3n) is 6.44. The van der Waals surface area contributed by atoms with E-state index in [1.807, 2.05) is 0 Å². The predicted octanol–water partition coefficient (Wildman–Crippen LogP) is 7.11. The lowest BCUT2D eigenvalue weighted by atomic mass is 10.2. The van der Waals surface area contributed by atoms with E-state index in [4.69, 9.17) is 0 Å². The van der Waals surface area contributed by atoms with Crippen molar-refractivity contribution < 1.29 is 17.0 Å². The molecule has 0 bridgehead atoms. The minimum Gasteiger partial charge on any atom is -1.00 e. The molecular weight excluding hydrogens is 423 g/mol. The Bertz CT molecular complexity index is 252. The van der Waals surface area contributed by atoms with Crippen molar-refractivity contribution in [2.75, 3.05) is 24.6 Å². The van der Waals surface area contributed by atoms with Gasteiger partial charge in [-0.2, -0.15) is 0 Å². The normalized spacial score (nSPS) is 11.6. The van der Waals surface area contributed by atoms with Crippen LogP contribution >= 0.6 is 7.26 Å². The van der Waals surface area contributed by atoms with Crippen LogP contribution in [-0.2, 0) is 0 Å². The fourth-order valence-corrected chi connectivity index (χ4v) is 9.44. The van der Waals surface area contributed by atoms with Crippen LogP contribution in [-0.4, -0.2) is 24.6 Å². The Kier molecular flexibility index (Phi) is 26.9. The largest absolute Gasteiger partial charge is 1.00 e. The molecule has 0 saturated heterocycles. The van der Waals surface area contributed by atoms with E-state index in [2.05, 4.69) is 27.7 Å². The van der Waals surface area contributed by atoms with Crippen molar-refractivity contribution >= 4 is 7.26 Å². The van der Waals surface area contributed by atoms with E-state index in [0.29, 0.717) is 0 Å². The van der Waals surface area contributed by atoms with Crippen LogP contribution in [0.3, 0.4) is 0 Å². The maximum atomic E-state index is 2.36. The van der Waals surface area contributed by atoms with Crippen molar-refractivity contribution in [2.24, 2.45) is 0 Å². The van der Waals surface area contributed by atoms with E-state index in [-0.39, 0.29) is 17.0 Å². The zero-order chi connectivity index (χ0) is 20.1. The SMILES string of the molecule is CCCCCCC[P+](CCCCCC)(CCCCCC)CCCCCCC.[Br-]. The molecular formula is C26H56BrP. The zero-order valence-corrected chi connectivity index (χ0v) is 22.9. The van der Waals surface area contributed by atoms with Gasteiger partial charge in [0.1, 0.15) is 0 Å². The molecule has 0 nitrogen and oxygen atoms in total. The second-order valence-electron chi connectivity index (χ2n) is 9.19. The molecule has 0 aliphatic rings. The van der Waals surface area contributed by atoms with Crippen LogP contribution < -0.4 is 17.0 Å². The van der Waals surface area contributed by atoms with Gasteiger partial charge in [0.05, 0.1) is 24.6 Å². The molecule has 0 unspecified atom stereocenters. The van der Waals surface area contributed by atoms with E-state index in [1.54, 1.807) is 50.3 Å². The van der Waals surface area contributed by atoms with E-state index >= 15 is 0 Å². The summed E-state index contributed by atoms with van der Waals surface area (Å²) < 4.78 is 0. The summed E-state index contributed by atoms with van der Waals surface area (Å²) in [6.45, 7) is 9.40. The lowest BCUT2D eigenvalue weighted by molar-refractivity contribution is -0.00000624. The predicted molar refractivity (Wildman–Crippen MR) is 132 cm³/mol. The summed E-state index contributed by atoms with van der Waals surface area (Å²) in [4.78, 5) is 0. The number of hydrogen-bond acceptors (Lipinski definition) is 0. The van der Waals surface area contributed by atoms with Crippen molar-refractivity contribution in [2.45, 2.75) is 143 Å². The highest BCUT2D eigenvalue weighted by atomic mass is 79.9. The average Bonchev–Trinajstić information content (AvgIpc) is 2.68. The van der Waals surface area contributed by atoms with Crippen molar-refractivity contribution in [1.29, 1.82) is 0 Å². The van der Waals surface area contributed by atoms with E-state index in [9.17, 15) is 0 Å². The van der Waals surface area contributed by atoms with Crippen LogP contribution in [0.5, 0.6) is 0 Å². The van der Waals surface area contributed by atoms with Crippen molar-refractivity contribution in [3.63, 3.8) is 0 Å². The molecule has 0 aliphatic carbocycles. The summed E-state index contributed by atoms with van der Waals surface area (Å²) in [5.41, 5.74) is 0. The van der Waals surface area contributed by atoms with Crippen LogP contribution in [0.4, 0.5) is 0 Å². The third-order valence-corrected chi connectivity index (χ3v) is 11.5. The Morgan fingerprint density at radius 3 is 0.786 bits per heavy atom. The van der Waals surface area contributed by atoms with Gasteiger partial charge in [0.15, 0.2) is 0 Å². The van der Waals surface area contributed by atoms with E-state index in [1.165, 1.54) is 89.9 Å². The monoisotopic (exact) mass is 478 g/mol. The number of rotatable bonds is 22. The summed E-state index contributed by atoms with van der Waals surface area (Å²) >= 11 is 0. The molecule has 0 atom stereocenters. The standard InChI is InChI=1S/C26H56P.BrH/c1-5-9-13-17-21-25-27(23-19-15-11-7-3,24-20-16-12-8-4)26-22-18-14-10-6-2;/h5-26H2,1-4H3;1H/q+1;/p-1. The molecule has 0 rings (SSSR count). The molecule has 28 heavy (non-hydrogen) atoms. The molecule has 0 spiro atoms. The quantitative estimate of drug-likeness (QED) is 0.115. The minimum absolute atomic E-state index is 0. The molecule has 0 radical (unpaired) electrons. The van der Waals surface area contributed by atoms with Gasteiger partial charge in [0, 0.05) is 7.26 Å². The lowest BCUT2D eigenvalue weighted by Crippen LogP contribution is -3.00. The average molecular weight is 480 g/mol. The van der Waals surface area contributed by atoms with Gasteiger partial charge < -0.3 is 17.0 Å². The molecule has 2 heteroatoms. The second-order valence-corrected chi connectivity index (χ2v) is 13.7. The van der Waals surface area contributed by atoms with Crippen LogP contribution in [0.1, 0.15) is 143 Å². The molecule has 0 amide bonds. The molecule has 0 aliphatic heterocycles. The summed E-state index contributed by atoms with van der Waals surface area (Å²) in [6, 6.07) is 0. The Morgan fingerprint density at radius 1 is 0.321 bits per heavy atom. The Morgan fingerprint density at radius 2 is 0.536 bits per heavy atom. The first kappa shape index (κ1) is 31.1. The van der Waals surface area contributed by atoms with Gasteiger partial charge in [-0.25, -0.2) is 0 Å². The Labute approximate surface area is 191 Å². The minimum atomic E-state index is -0.674. The van der Waals surface area contributed by atoms with Crippen LogP contribution in [0.2, 0.25) is 0 Å². The molecule has 0 aromatic carbocycles. The van der Waals surface area contributed by atoms with Gasteiger partial charge in [-0.3, -0.25) is 0 Å². The van der Waals surface area contributed by atoms with Crippen LogP contribution in [0, 0.1) is 0 Å². The summed E-state index contributed by atoms with van der Waals surface area (Å²) in [5.74, 6) is 0. The van der Waals surface area contributed by atoms with Crippen molar-refractivity contribution in [3.05, 3.63) is 0 Å². The number of halogens is 1. The van der Waals surface area contributed by atoms with Crippen molar-refractivity contribution in [1.82, 2.24) is 0 Å². The number of hydrogen-bond donors (Lipinski definition) is 0. The zero-order valence-electron chi connectivity index (χ0n) is 20.4. The molecule has 0 saturated carbocycles. The smallest absolute Gasteiger partial charge is 0.0594 e. The van der Waals surface area contributed by atoms with E-state index in [0.717, 1.165) is 0 Å². The van der Waals surface area contributed by atoms with Gasteiger partial charge in [0.2, 0.25) is 0 Å². The highest BCUT2D eigenvalue weighted by Gasteiger charge is 2.34. The van der Waals surface area contributed by atoms with Gasteiger partial charge in [-0.1, -0.05) is 91.9 Å². The number of unbranched alkanes of at least 4 members (excludes halogenated alkanes) is 14. The highest BCUT2D eigenvalue weighted by molar-refractivity contribution is 7.75. The van der Waals surface area contributed by atoms with Gasteiger partial charge >= 0.3 is 0 Å². The summed E-state index contributed by atoms with van der Waals surface area (Å²) in [5, 5.41) is 0.